The van der Waals surface area contributed by atoms with Crippen LogP contribution in [0.15, 0.2) is 18.2 Å². The van der Waals surface area contributed by atoms with Crippen molar-refractivity contribution in [3.05, 3.63) is 34.6 Å². The third-order valence-corrected chi connectivity index (χ3v) is 5.30. The third-order valence-electron chi connectivity index (χ3n) is 5.00. The van der Waals surface area contributed by atoms with Crippen LogP contribution in [0.4, 0.5) is 4.39 Å². The number of hydrogen-bond donors (Lipinski definition) is 1. The molecule has 2 N–H and O–H groups in total. The van der Waals surface area contributed by atoms with Crippen LogP contribution in [0.5, 0.6) is 0 Å². The molecule has 1 aromatic rings. The normalized spacial score (nSPS) is 24.2. The lowest BCUT2D eigenvalue weighted by Gasteiger charge is -2.55. The SMILES string of the molecule is NCC1(c2cccc(Cl)c2F)CC2(CCCC2)C1. The first-order chi connectivity index (χ1) is 8.61. The molecule has 0 amide bonds. The van der Waals surface area contributed by atoms with Gasteiger partial charge in [0.2, 0.25) is 0 Å². The zero-order valence-corrected chi connectivity index (χ0v) is 11.3. The molecule has 1 spiro atoms. The first kappa shape index (κ1) is 12.4. The number of rotatable bonds is 2. The van der Waals surface area contributed by atoms with Crippen molar-refractivity contribution in [2.45, 2.75) is 43.9 Å². The van der Waals surface area contributed by atoms with E-state index in [4.69, 9.17) is 17.3 Å². The Bertz CT molecular complexity index is 458. The molecule has 0 radical (unpaired) electrons. The largest absolute Gasteiger partial charge is 0.330 e. The predicted octanol–water partition coefficient (Wildman–Crippen LogP) is 4.03. The average Bonchev–Trinajstić information content (AvgIpc) is 2.79. The number of benzene rings is 1. The molecule has 3 heteroatoms. The Morgan fingerprint density at radius 2 is 1.89 bits per heavy atom. The maximum atomic E-state index is 14.2. The molecule has 0 aromatic heterocycles. The van der Waals surface area contributed by atoms with Crippen LogP contribution in [0.3, 0.4) is 0 Å². The Balaban J connectivity index is 1.92. The lowest BCUT2D eigenvalue weighted by atomic mass is 9.49. The first-order valence-electron chi connectivity index (χ1n) is 6.76. The summed E-state index contributed by atoms with van der Waals surface area (Å²) >= 11 is 5.89. The van der Waals surface area contributed by atoms with Crippen molar-refractivity contribution in [2.75, 3.05) is 6.54 Å². The molecule has 0 heterocycles. The Morgan fingerprint density at radius 3 is 2.50 bits per heavy atom. The fraction of sp³-hybridized carbons (Fsp3) is 0.600. The number of hydrogen-bond acceptors (Lipinski definition) is 1. The van der Waals surface area contributed by atoms with Gasteiger partial charge in [-0.2, -0.15) is 0 Å². The summed E-state index contributed by atoms with van der Waals surface area (Å²) in [6.45, 7) is 0.520. The van der Waals surface area contributed by atoms with Gasteiger partial charge in [-0.25, -0.2) is 4.39 Å². The molecule has 0 aliphatic heterocycles. The minimum Gasteiger partial charge on any atom is -0.330 e. The van der Waals surface area contributed by atoms with Crippen molar-refractivity contribution in [3.63, 3.8) is 0 Å². The summed E-state index contributed by atoms with van der Waals surface area (Å²) in [6.07, 6.45) is 7.28. The van der Waals surface area contributed by atoms with Gasteiger partial charge >= 0.3 is 0 Å². The highest BCUT2D eigenvalue weighted by atomic mass is 35.5. The van der Waals surface area contributed by atoms with E-state index in [0.717, 1.165) is 18.4 Å². The van der Waals surface area contributed by atoms with Crippen LogP contribution >= 0.6 is 11.6 Å². The molecular weight excluding hydrogens is 249 g/mol. The van der Waals surface area contributed by atoms with Crippen molar-refractivity contribution in [3.8, 4) is 0 Å². The summed E-state index contributed by atoms with van der Waals surface area (Å²) < 4.78 is 14.2. The minimum atomic E-state index is -0.266. The second kappa shape index (κ2) is 4.21. The van der Waals surface area contributed by atoms with Crippen LogP contribution in [0.2, 0.25) is 5.02 Å². The third kappa shape index (κ3) is 1.70. The average molecular weight is 268 g/mol. The maximum absolute atomic E-state index is 14.2. The van der Waals surface area contributed by atoms with E-state index < -0.39 is 0 Å². The minimum absolute atomic E-state index is 0.167. The summed E-state index contributed by atoms with van der Waals surface area (Å²) in [7, 11) is 0. The predicted molar refractivity (Wildman–Crippen MR) is 72.3 cm³/mol. The van der Waals surface area contributed by atoms with Gasteiger partial charge in [0.05, 0.1) is 5.02 Å². The topological polar surface area (TPSA) is 26.0 Å². The molecule has 2 saturated carbocycles. The van der Waals surface area contributed by atoms with Crippen molar-refractivity contribution in [2.24, 2.45) is 11.1 Å². The van der Waals surface area contributed by atoms with E-state index in [9.17, 15) is 4.39 Å². The van der Waals surface area contributed by atoms with Crippen LogP contribution in [-0.2, 0) is 5.41 Å². The van der Waals surface area contributed by atoms with E-state index in [1.165, 1.54) is 25.7 Å². The van der Waals surface area contributed by atoms with Gasteiger partial charge in [0.1, 0.15) is 5.82 Å². The number of halogens is 2. The molecule has 2 aliphatic rings. The zero-order chi connectivity index (χ0) is 12.8. The lowest BCUT2D eigenvalue weighted by Crippen LogP contribution is -2.53. The van der Waals surface area contributed by atoms with E-state index in [1.807, 2.05) is 12.1 Å². The van der Waals surface area contributed by atoms with Crippen LogP contribution in [0.25, 0.3) is 0 Å². The van der Waals surface area contributed by atoms with Gasteiger partial charge in [0, 0.05) is 12.0 Å². The molecule has 98 valence electrons. The van der Waals surface area contributed by atoms with Gasteiger partial charge in [-0.15, -0.1) is 0 Å². The summed E-state index contributed by atoms with van der Waals surface area (Å²) in [5.74, 6) is -0.266. The quantitative estimate of drug-likeness (QED) is 0.860. The Labute approximate surface area is 113 Å². The lowest BCUT2D eigenvalue weighted by molar-refractivity contribution is 0.0306. The first-order valence-corrected chi connectivity index (χ1v) is 7.13. The van der Waals surface area contributed by atoms with Crippen molar-refractivity contribution >= 4 is 11.6 Å². The second-order valence-corrected chi connectivity index (χ2v) is 6.55. The van der Waals surface area contributed by atoms with E-state index in [-0.39, 0.29) is 16.3 Å². The standard InChI is InChI=1S/C15H19ClFN/c16-12-5-3-4-11(13(12)17)15(10-18)8-14(9-15)6-1-2-7-14/h3-5H,1-2,6-10,18H2. The molecule has 1 nitrogen and oxygen atoms in total. The second-order valence-electron chi connectivity index (χ2n) is 6.15. The highest BCUT2D eigenvalue weighted by Gasteiger charge is 2.55. The van der Waals surface area contributed by atoms with Gasteiger partial charge in [-0.3, -0.25) is 0 Å². The molecule has 2 fully saturated rings. The molecule has 1 aromatic carbocycles. The van der Waals surface area contributed by atoms with Crippen LogP contribution in [0.1, 0.15) is 44.1 Å². The van der Waals surface area contributed by atoms with Gasteiger partial charge in [0.15, 0.2) is 0 Å². The summed E-state index contributed by atoms with van der Waals surface area (Å²) in [6, 6.07) is 5.29. The molecule has 3 rings (SSSR count). The van der Waals surface area contributed by atoms with Crippen LogP contribution < -0.4 is 5.73 Å². The van der Waals surface area contributed by atoms with Gasteiger partial charge < -0.3 is 5.73 Å². The van der Waals surface area contributed by atoms with Crippen LogP contribution in [0, 0.1) is 11.2 Å². The van der Waals surface area contributed by atoms with Crippen molar-refractivity contribution in [1.29, 1.82) is 0 Å². The van der Waals surface area contributed by atoms with E-state index in [0.29, 0.717) is 12.0 Å². The summed E-state index contributed by atoms with van der Waals surface area (Å²) in [4.78, 5) is 0. The molecule has 0 unspecified atom stereocenters. The monoisotopic (exact) mass is 267 g/mol. The van der Waals surface area contributed by atoms with Gasteiger partial charge in [-0.1, -0.05) is 36.6 Å². The summed E-state index contributed by atoms with van der Waals surface area (Å²) in [5.41, 5.74) is 6.98. The summed E-state index contributed by atoms with van der Waals surface area (Å²) in [5, 5.41) is 0.215. The van der Waals surface area contributed by atoms with E-state index >= 15 is 0 Å². The van der Waals surface area contributed by atoms with E-state index in [2.05, 4.69) is 0 Å². The Hall–Kier alpha value is -0.600. The molecule has 18 heavy (non-hydrogen) atoms. The van der Waals surface area contributed by atoms with Crippen molar-refractivity contribution < 1.29 is 4.39 Å². The molecule has 0 atom stereocenters. The maximum Gasteiger partial charge on any atom is 0.145 e. The molecule has 0 saturated heterocycles. The number of nitrogens with two attached hydrogens (primary N) is 1. The highest BCUT2D eigenvalue weighted by Crippen LogP contribution is 2.62. The smallest absolute Gasteiger partial charge is 0.145 e. The Kier molecular flexibility index (Phi) is 2.91. The van der Waals surface area contributed by atoms with Crippen LogP contribution in [-0.4, -0.2) is 6.54 Å². The molecule has 2 aliphatic carbocycles. The molecule has 0 bridgehead atoms. The fourth-order valence-corrected chi connectivity index (χ4v) is 4.40. The zero-order valence-electron chi connectivity index (χ0n) is 10.5. The van der Waals surface area contributed by atoms with Gasteiger partial charge in [0.25, 0.3) is 0 Å². The van der Waals surface area contributed by atoms with Gasteiger partial charge in [-0.05, 0) is 42.7 Å². The van der Waals surface area contributed by atoms with Crippen molar-refractivity contribution in [1.82, 2.24) is 0 Å². The fourth-order valence-electron chi connectivity index (χ4n) is 4.22. The molecular formula is C15H19ClFN. The van der Waals surface area contributed by atoms with E-state index in [1.54, 1.807) is 6.07 Å². The highest BCUT2D eigenvalue weighted by molar-refractivity contribution is 6.30. The Morgan fingerprint density at radius 1 is 1.22 bits per heavy atom.